The maximum absolute atomic E-state index is 10.5. The third-order valence-corrected chi connectivity index (χ3v) is 1.16. The molecule has 1 amide bonds. The fourth-order valence-corrected chi connectivity index (χ4v) is 0.610. The molecular weight excluding hydrogens is 170 g/mol. The molecule has 0 aliphatic rings. The number of hydrogen-bond donors (Lipinski definition) is 1. The van der Waals surface area contributed by atoms with Crippen molar-refractivity contribution in [2.75, 3.05) is 0 Å². The molecule has 11 heavy (non-hydrogen) atoms. The Labute approximate surface area is 66.5 Å². The summed E-state index contributed by atoms with van der Waals surface area (Å²) in [5.41, 5.74) is 0. The van der Waals surface area contributed by atoms with E-state index in [0.29, 0.717) is 0 Å². The van der Waals surface area contributed by atoms with E-state index >= 15 is 0 Å². The first-order valence-corrected chi connectivity index (χ1v) is 3.56. The highest BCUT2D eigenvalue weighted by molar-refractivity contribution is 7.78. The van der Waals surface area contributed by atoms with Crippen LogP contribution >= 0.6 is 0 Å². The number of nitrogens with one attached hydrogen (secondary N) is 1. The van der Waals surface area contributed by atoms with Crippen LogP contribution in [-0.2, 0) is 20.2 Å². The van der Waals surface area contributed by atoms with Gasteiger partial charge in [-0.15, -0.1) is 0 Å². The number of amides is 1. The lowest BCUT2D eigenvalue weighted by Gasteiger charge is -1.99. The van der Waals surface area contributed by atoms with Crippen molar-refractivity contribution < 1.29 is 17.9 Å². The van der Waals surface area contributed by atoms with Crippen LogP contribution in [0.3, 0.4) is 0 Å². The zero-order chi connectivity index (χ0) is 8.69. The zero-order valence-corrected chi connectivity index (χ0v) is 6.43. The molecule has 0 aromatic carbocycles. The van der Waals surface area contributed by atoms with Crippen molar-refractivity contribution in [3.05, 3.63) is 25.7 Å². The van der Waals surface area contributed by atoms with Crippen molar-refractivity contribution in [3.8, 4) is 0 Å². The SMILES string of the molecule is C=COC(=O)NS(=O)OC=C. The van der Waals surface area contributed by atoms with Gasteiger partial charge < -0.3 is 8.92 Å². The maximum Gasteiger partial charge on any atom is 0.426 e. The Bertz CT molecular complexity index is 171. The Kier molecular flexibility index (Phi) is 4.83. The van der Waals surface area contributed by atoms with Gasteiger partial charge in [-0.05, 0) is 0 Å². The summed E-state index contributed by atoms with van der Waals surface area (Å²) in [6.07, 6.45) is 0.935. The minimum absolute atomic E-state index is 0.903. The second-order valence-corrected chi connectivity index (χ2v) is 2.04. The van der Waals surface area contributed by atoms with Crippen LogP contribution in [0.15, 0.2) is 25.7 Å². The fraction of sp³-hybridized carbons (Fsp3) is 0. The molecule has 0 rings (SSSR count). The lowest BCUT2D eigenvalue weighted by Crippen LogP contribution is -2.25. The van der Waals surface area contributed by atoms with E-state index in [1.54, 1.807) is 0 Å². The molecule has 0 saturated carbocycles. The largest absolute Gasteiger partial charge is 0.426 e. The zero-order valence-electron chi connectivity index (χ0n) is 5.61. The lowest BCUT2D eigenvalue weighted by atomic mass is 11.1. The van der Waals surface area contributed by atoms with Crippen LogP contribution < -0.4 is 4.72 Å². The van der Waals surface area contributed by atoms with Crippen LogP contribution in [0.1, 0.15) is 0 Å². The fourth-order valence-electron chi connectivity index (χ4n) is 0.254. The topological polar surface area (TPSA) is 64.6 Å². The standard InChI is InChI=1S/C5H7NO4S/c1-3-9-5(7)6-11(8)10-4-2/h3-4H,1-2H2,(H,6,7). The Hall–Kier alpha value is -1.30. The smallest absolute Gasteiger partial charge is 0.418 e. The molecule has 6 heteroatoms. The summed E-state index contributed by atoms with van der Waals surface area (Å²) in [5.74, 6) is 0. The predicted molar refractivity (Wildman–Crippen MR) is 39.2 cm³/mol. The first-order valence-electron chi connectivity index (χ1n) is 2.48. The highest BCUT2D eigenvalue weighted by Gasteiger charge is 2.04. The lowest BCUT2D eigenvalue weighted by molar-refractivity contribution is 0.192. The summed E-state index contributed by atoms with van der Waals surface area (Å²) in [4.78, 5) is 10.4. The Morgan fingerprint density at radius 1 is 1.45 bits per heavy atom. The number of rotatable bonds is 4. The van der Waals surface area contributed by atoms with E-state index in [1.807, 2.05) is 4.72 Å². The van der Waals surface area contributed by atoms with Crippen LogP contribution in [0.4, 0.5) is 4.79 Å². The molecule has 0 spiro atoms. The Balaban J connectivity index is 3.65. The quantitative estimate of drug-likeness (QED) is 0.638. The van der Waals surface area contributed by atoms with Gasteiger partial charge in [-0.3, -0.25) is 0 Å². The third-order valence-electron chi connectivity index (χ3n) is 0.512. The van der Waals surface area contributed by atoms with Gasteiger partial charge >= 0.3 is 17.4 Å². The van der Waals surface area contributed by atoms with Gasteiger partial charge in [0.25, 0.3) is 0 Å². The minimum Gasteiger partial charge on any atom is -0.418 e. The first kappa shape index (κ1) is 9.70. The molecule has 0 bridgehead atoms. The molecule has 0 heterocycles. The summed E-state index contributed by atoms with van der Waals surface area (Å²) in [6, 6.07) is 0. The molecule has 62 valence electrons. The molecule has 1 N–H and O–H groups in total. The van der Waals surface area contributed by atoms with Crippen LogP contribution in [0.5, 0.6) is 0 Å². The van der Waals surface area contributed by atoms with E-state index in [9.17, 15) is 9.00 Å². The number of carbonyl (C=O) groups is 1. The van der Waals surface area contributed by atoms with Gasteiger partial charge in [-0.2, -0.15) is 4.21 Å². The Morgan fingerprint density at radius 2 is 2.09 bits per heavy atom. The van der Waals surface area contributed by atoms with Crippen LogP contribution in [-0.4, -0.2) is 10.3 Å². The van der Waals surface area contributed by atoms with Gasteiger partial charge in [0.15, 0.2) is 0 Å². The van der Waals surface area contributed by atoms with Crippen molar-refractivity contribution in [2.45, 2.75) is 0 Å². The van der Waals surface area contributed by atoms with Gasteiger partial charge in [-0.1, -0.05) is 13.2 Å². The van der Waals surface area contributed by atoms with Crippen LogP contribution in [0, 0.1) is 0 Å². The summed E-state index contributed by atoms with van der Waals surface area (Å²) < 4.78 is 20.7. The molecule has 0 fully saturated rings. The van der Waals surface area contributed by atoms with Crippen molar-refractivity contribution in [1.82, 2.24) is 4.72 Å². The van der Waals surface area contributed by atoms with Gasteiger partial charge in [-0.25, -0.2) is 9.52 Å². The van der Waals surface area contributed by atoms with Crippen molar-refractivity contribution in [3.63, 3.8) is 0 Å². The molecule has 1 atom stereocenters. The number of hydrogen-bond acceptors (Lipinski definition) is 4. The Morgan fingerprint density at radius 3 is 2.55 bits per heavy atom. The average Bonchev–Trinajstić information content (AvgIpc) is 1.87. The first-order chi connectivity index (χ1) is 5.20. The summed E-state index contributed by atoms with van der Waals surface area (Å²) >= 11 is -1.94. The molecule has 0 radical (unpaired) electrons. The summed E-state index contributed by atoms with van der Waals surface area (Å²) in [7, 11) is 0. The van der Waals surface area contributed by atoms with E-state index in [4.69, 9.17) is 0 Å². The molecule has 0 aliphatic heterocycles. The van der Waals surface area contributed by atoms with Gasteiger partial charge in [0, 0.05) is 0 Å². The molecule has 5 nitrogen and oxygen atoms in total. The molecular formula is C5H7NO4S. The highest BCUT2D eigenvalue weighted by Crippen LogP contribution is 1.83. The van der Waals surface area contributed by atoms with Gasteiger partial charge in [0.2, 0.25) is 0 Å². The predicted octanol–water partition coefficient (Wildman–Crippen LogP) is 0.595. The second kappa shape index (κ2) is 5.48. The van der Waals surface area contributed by atoms with Crippen molar-refractivity contribution in [1.29, 1.82) is 0 Å². The van der Waals surface area contributed by atoms with Gasteiger partial charge in [0.05, 0.1) is 12.5 Å². The second-order valence-electron chi connectivity index (χ2n) is 1.17. The number of ether oxygens (including phenoxy) is 1. The molecule has 1 unspecified atom stereocenters. The van der Waals surface area contributed by atoms with E-state index in [1.165, 1.54) is 0 Å². The van der Waals surface area contributed by atoms with Crippen LogP contribution in [0.2, 0.25) is 0 Å². The van der Waals surface area contributed by atoms with Crippen molar-refractivity contribution in [2.24, 2.45) is 0 Å². The highest BCUT2D eigenvalue weighted by atomic mass is 32.2. The molecule has 0 aromatic heterocycles. The summed E-state index contributed by atoms with van der Waals surface area (Å²) in [6.45, 7) is 6.24. The summed E-state index contributed by atoms with van der Waals surface area (Å²) in [5, 5.41) is 0. The number of carbonyl (C=O) groups excluding carboxylic acids is 1. The van der Waals surface area contributed by atoms with Crippen LogP contribution in [0.25, 0.3) is 0 Å². The molecule has 0 saturated heterocycles. The third kappa shape index (κ3) is 5.16. The monoisotopic (exact) mass is 177 g/mol. The molecule has 0 aromatic rings. The van der Waals surface area contributed by atoms with Crippen molar-refractivity contribution >= 4 is 17.4 Å². The average molecular weight is 177 g/mol. The minimum atomic E-state index is -1.94. The van der Waals surface area contributed by atoms with E-state index < -0.39 is 17.4 Å². The normalized spacial score (nSPS) is 10.9. The van der Waals surface area contributed by atoms with E-state index in [0.717, 1.165) is 12.5 Å². The van der Waals surface area contributed by atoms with Gasteiger partial charge in [0.1, 0.15) is 0 Å². The van der Waals surface area contributed by atoms with E-state index in [2.05, 4.69) is 22.1 Å². The maximum atomic E-state index is 10.5. The molecule has 0 aliphatic carbocycles. The van der Waals surface area contributed by atoms with E-state index in [-0.39, 0.29) is 0 Å².